The van der Waals surface area contributed by atoms with Gasteiger partial charge in [-0.3, -0.25) is 0 Å². The number of fused-ring (bicyclic) bond motifs is 1. The molecule has 3 aromatic carbocycles. The fourth-order valence-corrected chi connectivity index (χ4v) is 2.60. The first-order chi connectivity index (χ1) is 10.8. The lowest BCUT2D eigenvalue weighted by molar-refractivity contribution is 1.14. The van der Waals surface area contributed by atoms with Crippen molar-refractivity contribution < 1.29 is 0 Å². The van der Waals surface area contributed by atoms with Crippen molar-refractivity contribution in [3.63, 3.8) is 0 Å². The third-order valence-electron chi connectivity index (χ3n) is 3.72. The fourth-order valence-electron chi connectivity index (χ4n) is 2.60. The SMILES string of the molecule is CCc1cccc(/N=C(\C)Nc2cccc3ccccc23)c1. The molecule has 0 saturated carbocycles. The molecular formula is C20H20N2. The number of nitrogens with zero attached hydrogens (tertiary/aromatic N) is 1. The quantitative estimate of drug-likeness (QED) is 0.495. The van der Waals surface area contributed by atoms with Crippen molar-refractivity contribution in [2.75, 3.05) is 5.32 Å². The number of anilines is 1. The van der Waals surface area contributed by atoms with Crippen LogP contribution in [-0.2, 0) is 6.42 Å². The summed E-state index contributed by atoms with van der Waals surface area (Å²) < 4.78 is 0. The van der Waals surface area contributed by atoms with Gasteiger partial charge in [0, 0.05) is 11.1 Å². The van der Waals surface area contributed by atoms with E-state index >= 15 is 0 Å². The lowest BCUT2D eigenvalue weighted by Gasteiger charge is -2.09. The van der Waals surface area contributed by atoms with E-state index in [0.717, 1.165) is 23.6 Å². The predicted molar refractivity (Wildman–Crippen MR) is 96.2 cm³/mol. The molecule has 0 spiro atoms. The summed E-state index contributed by atoms with van der Waals surface area (Å²) in [7, 11) is 0. The highest BCUT2D eigenvalue weighted by Gasteiger charge is 2.01. The molecule has 1 N–H and O–H groups in total. The number of aryl methyl sites for hydroxylation is 1. The Morgan fingerprint density at radius 1 is 0.955 bits per heavy atom. The third kappa shape index (κ3) is 3.17. The average molecular weight is 288 g/mol. The molecule has 0 saturated heterocycles. The van der Waals surface area contributed by atoms with E-state index in [-0.39, 0.29) is 0 Å². The van der Waals surface area contributed by atoms with Crippen LogP contribution in [0.1, 0.15) is 19.4 Å². The molecule has 2 heteroatoms. The summed E-state index contributed by atoms with van der Waals surface area (Å²) in [4.78, 5) is 4.68. The molecule has 0 heterocycles. The first-order valence-electron chi connectivity index (χ1n) is 7.65. The van der Waals surface area contributed by atoms with E-state index in [4.69, 9.17) is 0 Å². The maximum Gasteiger partial charge on any atom is 0.103 e. The summed E-state index contributed by atoms with van der Waals surface area (Å²) in [6.45, 7) is 4.16. The van der Waals surface area contributed by atoms with Gasteiger partial charge in [0.2, 0.25) is 0 Å². The standard InChI is InChI=1S/C20H20N2/c1-3-16-8-6-11-18(14-16)21-15(2)22-20-13-7-10-17-9-4-5-12-19(17)20/h4-14H,3H2,1-2H3,(H,21,22). The molecule has 0 amide bonds. The van der Waals surface area contributed by atoms with E-state index in [2.05, 4.69) is 77.9 Å². The van der Waals surface area contributed by atoms with Crippen LogP contribution in [0, 0.1) is 0 Å². The highest BCUT2D eigenvalue weighted by molar-refractivity contribution is 6.03. The Labute approximate surface area is 131 Å². The number of hydrogen-bond acceptors (Lipinski definition) is 1. The summed E-state index contributed by atoms with van der Waals surface area (Å²) in [5.41, 5.74) is 3.38. The monoisotopic (exact) mass is 288 g/mol. The second-order valence-corrected chi connectivity index (χ2v) is 5.37. The van der Waals surface area contributed by atoms with Crippen molar-refractivity contribution in [1.82, 2.24) is 0 Å². The van der Waals surface area contributed by atoms with Gasteiger partial charge in [-0.1, -0.05) is 55.5 Å². The van der Waals surface area contributed by atoms with E-state index in [1.807, 2.05) is 13.0 Å². The maximum absolute atomic E-state index is 4.68. The van der Waals surface area contributed by atoms with Crippen LogP contribution in [0.4, 0.5) is 11.4 Å². The van der Waals surface area contributed by atoms with Crippen LogP contribution in [0.2, 0.25) is 0 Å². The predicted octanol–water partition coefficient (Wildman–Crippen LogP) is 5.56. The molecule has 0 aliphatic heterocycles. The number of hydrogen-bond donors (Lipinski definition) is 1. The topological polar surface area (TPSA) is 24.4 Å². The van der Waals surface area contributed by atoms with Crippen LogP contribution >= 0.6 is 0 Å². The molecule has 0 bridgehead atoms. The van der Waals surface area contributed by atoms with Crippen molar-refractivity contribution in [2.45, 2.75) is 20.3 Å². The van der Waals surface area contributed by atoms with E-state index in [9.17, 15) is 0 Å². The van der Waals surface area contributed by atoms with Crippen LogP contribution in [0.5, 0.6) is 0 Å². The molecule has 0 atom stereocenters. The minimum atomic E-state index is 0.893. The Bertz CT molecular complexity index is 813. The van der Waals surface area contributed by atoms with E-state index in [1.54, 1.807) is 0 Å². The molecule has 0 radical (unpaired) electrons. The molecule has 0 fully saturated rings. The number of nitrogens with one attached hydrogen (secondary N) is 1. The van der Waals surface area contributed by atoms with Gasteiger partial charge in [0.1, 0.15) is 5.84 Å². The van der Waals surface area contributed by atoms with Crippen molar-refractivity contribution >= 4 is 28.0 Å². The largest absolute Gasteiger partial charge is 0.343 e. The molecule has 0 aromatic heterocycles. The molecule has 2 nitrogen and oxygen atoms in total. The number of benzene rings is 3. The minimum absolute atomic E-state index is 0.893. The van der Waals surface area contributed by atoms with Crippen LogP contribution < -0.4 is 5.32 Å². The Kier molecular flexibility index (Phi) is 4.19. The van der Waals surface area contributed by atoms with Crippen molar-refractivity contribution in [3.05, 3.63) is 72.3 Å². The van der Waals surface area contributed by atoms with Crippen molar-refractivity contribution in [1.29, 1.82) is 0 Å². The molecular weight excluding hydrogens is 268 g/mol. The first-order valence-corrected chi connectivity index (χ1v) is 7.65. The van der Waals surface area contributed by atoms with Gasteiger partial charge in [0.15, 0.2) is 0 Å². The number of aliphatic imine (C=N–C) groups is 1. The van der Waals surface area contributed by atoms with Gasteiger partial charge in [-0.15, -0.1) is 0 Å². The van der Waals surface area contributed by atoms with Gasteiger partial charge >= 0.3 is 0 Å². The second-order valence-electron chi connectivity index (χ2n) is 5.37. The Hall–Kier alpha value is -2.61. The average Bonchev–Trinajstić information content (AvgIpc) is 2.55. The summed E-state index contributed by atoms with van der Waals surface area (Å²) in [6, 6.07) is 23.0. The van der Waals surface area contributed by atoms with Crippen LogP contribution in [0.3, 0.4) is 0 Å². The lowest BCUT2D eigenvalue weighted by Crippen LogP contribution is -2.06. The molecule has 3 rings (SSSR count). The summed E-state index contributed by atoms with van der Waals surface area (Å²) in [5.74, 6) is 0.893. The van der Waals surface area contributed by atoms with Crippen LogP contribution in [0.15, 0.2) is 71.7 Å². The third-order valence-corrected chi connectivity index (χ3v) is 3.72. The molecule has 0 aliphatic carbocycles. The molecule has 0 unspecified atom stereocenters. The summed E-state index contributed by atoms with van der Waals surface area (Å²) in [5, 5.41) is 5.86. The van der Waals surface area contributed by atoms with Gasteiger partial charge in [-0.05, 0) is 42.5 Å². The highest BCUT2D eigenvalue weighted by atomic mass is 15.0. The van der Waals surface area contributed by atoms with Gasteiger partial charge < -0.3 is 5.32 Å². The van der Waals surface area contributed by atoms with E-state index < -0.39 is 0 Å². The smallest absolute Gasteiger partial charge is 0.103 e. The zero-order valence-electron chi connectivity index (χ0n) is 13.0. The van der Waals surface area contributed by atoms with Crippen LogP contribution in [-0.4, -0.2) is 5.84 Å². The van der Waals surface area contributed by atoms with Crippen molar-refractivity contribution in [3.8, 4) is 0 Å². The zero-order valence-corrected chi connectivity index (χ0v) is 13.0. The lowest BCUT2D eigenvalue weighted by atomic mass is 10.1. The van der Waals surface area contributed by atoms with Crippen molar-refractivity contribution in [2.24, 2.45) is 4.99 Å². The van der Waals surface area contributed by atoms with E-state index in [1.165, 1.54) is 16.3 Å². The van der Waals surface area contributed by atoms with E-state index in [0.29, 0.717) is 0 Å². The molecule has 22 heavy (non-hydrogen) atoms. The number of rotatable bonds is 3. The molecule has 110 valence electrons. The minimum Gasteiger partial charge on any atom is -0.343 e. The Morgan fingerprint density at radius 2 is 1.73 bits per heavy atom. The normalized spacial score (nSPS) is 11.6. The van der Waals surface area contributed by atoms with Gasteiger partial charge in [0.05, 0.1) is 5.69 Å². The number of amidine groups is 1. The van der Waals surface area contributed by atoms with Crippen LogP contribution in [0.25, 0.3) is 10.8 Å². The fraction of sp³-hybridized carbons (Fsp3) is 0.150. The summed E-state index contributed by atoms with van der Waals surface area (Å²) in [6.07, 6.45) is 1.03. The molecule has 0 aliphatic rings. The van der Waals surface area contributed by atoms with Gasteiger partial charge in [-0.25, -0.2) is 4.99 Å². The highest BCUT2D eigenvalue weighted by Crippen LogP contribution is 2.23. The molecule has 3 aromatic rings. The summed E-state index contributed by atoms with van der Waals surface area (Å²) >= 11 is 0. The Balaban J connectivity index is 1.89. The zero-order chi connectivity index (χ0) is 15.4. The van der Waals surface area contributed by atoms with Gasteiger partial charge in [0.25, 0.3) is 0 Å². The second kappa shape index (κ2) is 6.44. The Morgan fingerprint density at radius 3 is 2.59 bits per heavy atom. The maximum atomic E-state index is 4.68. The first kappa shape index (κ1) is 14.3. The van der Waals surface area contributed by atoms with Gasteiger partial charge in [-0.2, -0.15) is 0 Å².